The molecule has 4 aromatic carbocycles. The molecule has 0 saturated heterocycles. The Bertz CT molecular complexity index is 1450. The number of hydrogen-bond acceptors (Lipinski definition) is 5. The summed E-state index contributed by atoms with van der Waals surface area (Å²) in [5.41, 5.74) is 3.43. The molecule has 0 N–H and O–H groups in total. The highest BCUT2D eigenvalue weighted by Crippen LogP contribution is 2.44. The second kappa shape index (κ2) is 8.19. The highest BCUT2D eigenvalue weighted by molar-refractivity contribution is 6.30. The number of ether oxygens (including phenoxy) is 2. The van der Waals surface area contributed by atoms with Gasteiger partial charge in [-0.3, -0.25) is 4.79 Å². The number of methoxy groups -OCH3 is 1. The Labute approximate surface area is 202 Å². The lowest BCUT2D eigenvalue weighted by Gasteiger charge is -2.37. The molecule has 0 fully saturated rings. The maximum Gasteiger partial charge on any atom is 0.251 e. The molecular formula is C28H21ClN2O3. The molecule has 2 aliphatic heterocycles. The monoisotopic (exact) mass is 468 g/mol. The van der Waals surface area contributed by atoms with Crippen molar-refractivity contribution in [1.82, 2.24) is 5.01 Å². The van der Waals surface area contributed by atoms with Crippen LogP contribution < -0.4 is 9.47 Å². The third kappa shape index (κ3) is 3.49. The van der Waals surface area contributed by atoms with E-state index < -0.39 is 6.23 Å². The van der Waals surface area contributed by atoms with Gasteiger partial charge in [-0.25, -0.2) is 5.01 Å². The van der Waals surface area contributed by atoms with E-state index in [0.717, 1.165) is 22.2 Å². The molecule has 2 aliphatic rings. The summed E-state index contributed by atoms with van der Waals surface area (Å²) in [6.07, 6.45) is -0.216. The van der Waals surface area contributed by atoms with Crippen LogP contribution in [0.1, 0.15) is 33.9 Å². The van der Waals surface area contributed by atoms with E-state index in [0.29, 0.717) is 28.5 Å². The van der Waals surface area contributed by atoms with Gasteiger partial charge in [-0.05, 0) is 64.9 Å². The zero-order chi connectivity index (χ0) is 23.2. The molecule has 0 unspecified atom stereocenters. The van der Waals surface area contributed by atoms with Crippen LogP contribution in [0.5, 0.6) is 11.5 Å². The van der Waals surface area contributed by atoms with Crippen molar-refractivity contribution >= 4 is 33.9 Å². The van der Waals surface area contributed by atoms with Crippen molar-refractivity contribution in [2.24, 2.45) is 5.10 Å². The summed E-state index contributed by atoms with van der Waals surface area (Å²) >= 11 is 6.32. The zero-order valence-corrected chi connectivity index (χ0v) is 19.2. The van der Waals surface area contributed by atoms with Crippen molar-refractivity contribution in [3.05, 3.63) is 107 Å². The van der Waals surface area contributed by atoms with Gasteiger partial charge in [0.15, 0.2) is 0 Å². The fraction of sp³-hybridized carbons (Fsp3) is 0.143. The molecule has 0 radical (unpaired) electrons. The van der Waals surface area contributed by atoms with Gasteiger partial charge < -0.3 is 9.47 Å². The van der Waals surface area contributed by atoms with Gasteiger partial charge in [0.1, 0.15) is 11.5 Å². The van der Waals surface area contributed by atoms with Crippen LogP contribution in [0.2, 0.25) is 5.02 Å². The molecule has 4 aromatic rings. The van der Waals surface area contributed by atoms with Gasteiger partial charge in [0.05, 0.1) is 18.9 Å². The average molecular weight is 469 g/mol. The lowest BCUT2D eigenvalue weighted by molar-refractivity contribution is -0.00455. The first-order valence-corrected chi connectivity index (χ1v) is 11.5. The normalized spacial score (nSPS) is 18.6. The number of carbonyl (C=O) groups excluding carboxylic acids is 1. The van der Waals surface area contributed by atoms with Crippen molar-refractivity contribution in [3.8, 4) is 11.5 Å². The smallest absolute Gasteiger partial charge is 0.251 e. The Morgan fingerprint density at radius 1 is 1.00 bits per heavy atom. The number of ketones is 1. The quantitative estimate of drug-likeness (QED) is 0.332. The SMILES string of the molecule is COc1ccc(C(=O)[C@H]2Oc3ccc(Cl)cc3[C@H]3CC(c4ccc5ccccc5c4)=NN23)cc1. The number of hydrogen-bond donors (Lipinski definition) is 0. The highest BCUT2D eigenvalue weighted by atomic mass is 35.5. The van der Waals surface area contributed by atoms with E-state index >= 15 is 0 Å². The van der Waals surface area contributed by atoms with E-state index in [1.165, 1.54) is 5.39 Å². The maximum atomic E-state index is 13.5. The first-order valence-electron chi connectivity index (χ1n) is 11.1. The van der Waals surface area contributed by atoms with Crippen LogP contribution in [0, 0.1) is 0 Å². The topological polar surface area (TPSA) is 51.1 Å². The number of carbonyl (C=O) groups is 1. The lowest BCUT2D eigenvalue weighted by atomic mass is 9.95. The Balaban J connectivity index is 1.41. The number of hydrazone groups is 1. The van der Waals surface area contributed by atoms with E-state index in [4.69, 9.17) is 26.2 Å². The van der Waals surface area contributed by atoms with Crippen LogP contribution in [-0.2, 0) is 0 Å². The van der Waals surface area contributed by atoms with Crippen molar-refractivity contribution < 1.29 is 14.3 Å². The molecule has 0 aliphatic carbocycles. The summed E-state index contributed by atoms with van der Waals surface area (Å²) in [5, 5.41) is 9.66. The van der Waals surface area contributed by atoms with Crippen LogP contribution in [0.15, 0.2) is 90.0 Å². The molecule has 2 atom stereocenters. The molecule has 0 aromatic heterocycles. The summed E-state index contributed by atoms with van der Waals surface area (Å²) in [6, 6.07) is 27.0. The lowest BCUT2D eigenvalue weighted by Crippen LogP contribution is -2.45. The molecule has 0 saturated carbocycles. The standard InChI is InChI=1S/C28H21ClN2O3/c1-33-22-11-8-18(9-12-22)27(32)28-31-25(23-15-21(29)10-13-26(23)34-28)16-24(30-31)20-7-6-17-4-2-3-5-19(17)14-20/h2-15,25,28H,16H2,1H3/t25-,28-/m1/s1. The minimum absolute atomic E-state index is 0.142. The third-order valence-electron chi connectivity index (χ3n) is 6.43. The molecule has 168 valence electrons. The van der Waals surface area contributed by atoms with Crippen LogP contribution in [0.25, 0.3) is 10.8 Å². The summed E-state index contributed by atoms with van der Waals surface area (Å²) in [6.45, 7) is 0. The summed E-state index contributed by atoms with van der Waals surface area (Å²) < 4.78 is 11.4. The Morgan fingerprint density at radius 3 is 2.59 bits per heavy atom. The van der Waals surface area contributed by atoms with E-state index in [1.807, 2.05) is 24.3 Å². The molecule has 0 spiro atoms. The second-order valence-corrected chi connectivity index (χ2v) is 8.89. The molecule has 5 nitrogen and oxygen atoms in total. The molecule has 2 heterocycles. The summed E-state index contributed by atoms with van der Waals surface area (Å²) in [4.78, 5) is 13.5. The fourth-order valence-corrected chi connectivity index (χ4v) is 4.85. The van der Waals surface area contributed by atoms with Gasteiger partial charge >= 0.3 is 0 Å². The van der Waals surface area contributed by atoms with Crippen molar-refractivity contribution in [2.75, 3.05) is 7.11 Å². The molecule has 6 heteroatoms. The van der Waals surface area contributed by atoms with Crippen LogP contribution in [0.4, 0.5) is 0 Å². The Hall–Kier alpha value is -3.83. The molecule has 0 amide bonds. The number of Topliss-reactive ketones (excluding diaryl/α,β-unsaturated/α-hetero) is 1. The Morgan fingerprint density at radius 2 is 1.79 bits per heavy atom. The molecule has 6 rings (SSSR count). The predicted molar refractivity (Wildman–Crippen MR) is 133 cm³/mol. The predicted octanol–water partition coefficient (Wildman–Crippen LogP) is 6.25. The maximum absolute atomic E-state index is 13.5. The van der Waals surface area contributed by atoms with E-state index in [-0.39, 0.29) is 11.8 Å². The van der Waals surface area contributed by atoms with Crippen LogP contribution >= 0.6 is 11.6 Å². The number of benzene rings is 4. The highest BCUT2D eigenvalue weighted by Gasteiger charge is 2.43. The largest absolute Gasteiger partial charge is 0.497 e. The van der Waals surface area contributed by atoms with Gasteiger partial charge in [-0.1, -0.05) is 48.0 Å². The third-order valence-corrected chi connectivity index (χ3v) is 6.67. The Kier molecular flexibility index (Phi) is 5.00. The number of rotatable bonds is 4. The number of nitrogens with zero attached hydrogens (tertiary/aromatic N) is 2. The molecule has 0 bridgehead atoms. The number of fused-ring (bicyclic) bond motifs is 4. The molecule has 34 heavy (non-hydrogen) atoms. The zero-order valence-electron chi connectivity index (χ0n) is 18.4. The summed E-state index contributed by atoms with van der Waals surface area (Å²) in [7, 11) is 1.60. The fourth-order valence-electron chi connectivity index (χ4n) is 4.67. The van der Waals surface area contributed by atoms with Crippen molar-refractivity contribution in [1.29, 1.82) is 0 Å². The van der Waals surface area contributed by atoms with Crippen LogP contribution in [0.3, 0.4) is 0 Å². The first kappa shape index (κ1) is 20.8. The van der Waals surface area contributed by atoms with E-state index in [2.05, 4.69) is 30.3 Å². The first-order chi connectivity index (χ1) is 16.6. The van der Waals surface area contributed by atoms with Crippen molar-refractivity contribution in [2.45, 2.75) is 18.7 Å². The van der Waals surface area contributed by atoms with Gasteiger partial charge in [-0.15, -0.1) is 0 Å². The minimum atomic E-state index is -0.870. The number of halogens is 1. The van der Waals surface area contributed by atoms with Gasteiger partial charge in [0, 0.05) is 22.6 Å². The average Bonchev–Trinajstić information content (AvgIpc) is 3.33. The minimum Gasteiger partial charge on any atom is -0.497 e. The van der Waals surface area contributed by atoms with Crippen molar-refractivity contribution in [3.63, 3.8) is 0 Å². The van der Waals surface area contributed by atoms with E-state index in [1.54, 1.807) is 42.5 Å². The van der Waals surface area contributed by atoms with Gasteiger partial charge in [0.25, 0.3) is 6.23 Å². The van der Waals surface area contributed by atoms with Gasteiger partial charge in [-0.2, -0.15) is 5.10 Å². The second-order valence-electron chi connectivity index (χ2n) is 8.45. The molecular weight excluding hydrogens is 448 g/mol. The van der Waals surface area contributed by atoms with Gasteiger partial charge in [0.2, 0.25) is 5.78 Å². The van der Waals surface area contributed by atoms with Crippen LogP contribution in [-0.4, -0.2) is 29.8 Å². The summed E-state index contributed by atoms with van der Waals surface area (Å²) in [5.74, 6) is 1.20. The van der Waals surface area contributed by atoms with E-state index in [9.17, 15) is 4.79 Å².